The van der Waals surface area contributed by atoms with E-state index >= 15 is 0 Å². The summed E-state index contributed by atoms with van der Waals surface area (Å²) in [5, 5.41) is 0.751. The molecule has 5 heteroatoms. The topological polar surface area (TPSA) is 26.3 Å². The lowest BCUT2D eigenvalue weighted by Gasteiger charge is -2.08. The van der Waals surface area contributed by atoms with Crippen LogP contribution < -0.4 is 4.74 Å². The quantitative estimate of drug-likeness (QED) is 0.456. The Morgan fingerprint density at radius 2 is 1.65 bits per heavy atom. The Bertz CT molecular complexity index is 666. The van der Waals surface area contributed by atoms with Crippen LogP contribution in [0.25, 0.3) is 0 Å². The number of hydrogen-bond acceptors (Lipinski definition) is 2. The van der Waals surface area contributed by atoms with E-state index in [-0.39, 0.29) is 16.3 Å². The van der Waals surface area contributed by atoms with Crippen molar-refractivity contribution in [2.75, 3.05) is 0 Å². The second kappa shape index (κ2) is 6.07. The van der Waals surface area contributed by atoms with Crippen LogP contribution in [-0.4, -0.2) is 5.78 Å². The first-order chi connectivity index (χ1) is 9.47. The summed E-state index contributed by atoms with van der Waals surface area (Å²) in [6.07, 6.45) is 0. The Kier molecular flexibility index (Phi) is 4.42. The fraction of sp³-hybridized carbons (Fsp3) is 0. The smallest absolute Gasteiger partial charge is 0.230 e. The monoisotopic (exact) mass is 310 g/mol. The maximum absolute atomic E-state index is 13.6. The van der Waals surface area contributed by atoms with Crippen molar-refractivity contribution in [3.05, 3.63) is 76.2 Å². The highest BCUT2D eigenvalue weighted by molar-refractivity contribution is 6.31. The molecule has 0 saturated carbocycles. The molecule has 0 atom stereocenters. The molecule has 0 unspecified atom stereocenters. The van der Waals surface area contributed by atoms with E-state index in [1.54, 1.807) is 24.3 Å². The van der Waals surface area contributed by atoms with E-state index < -0.39 is 11.6 Å². The van der Waals surface area contributed by atoms with E-state index in [4.69, 9.17) is 27.9 Å². The fourth-order valence-corrected chi connectivity index (χ4v) is 1.80. The highest BCUT2D eigenvalue weighted by atomic mass is 35.5. The minimum absolute atomic E-state index is 0.145. The van der Waals surface area contributed by atoms with Gasteiger partial charge in [0.05, 0.1) is 5.56 Å². The maximum Gasteiger partial charge on any atom is 0.230 e. The minimum atomic E-state index is -0.719. The van der Waals surface area contributed by atoms with E-state index in [2.05, 4.69) is 6.58 Å². The van der Waals surface area contributed by atoms with Crippen LogP contribution in [0.2, 0.25) is 10.0 Å². The summed E-state index contributed by atoms with van der Waals surface area (Å²) < 4.78 is 18.9. The van der Waals surface area contributed by atoms with Crippen molar-refractivity contribution in [3.8, 4) is 5.75 Å². The minimum Gasteiger partial charge on any atom is -0.454 e. The molecule has 0 bridgehead atoms. The summed E-state index contributed by atoms with van der Waals surface area (Å²) >= 11 is 11.4. The Morgan fingerprint density at radius 1 is 1.05 bits per heavy atom. The van der Waals surface area contributed by atoms with Crippen LogP contribution in [0.1, 0.15) is 10.4 Å². The molecule has 2 aromatic carbocycles. The summed E-state index contributed by atoms with van der Waals surface area (Å²) in [5.41, 5.74) is -0.145. The van der Waals surface area contributed by atoms with Gasteiger partial charge in [-0.25, -0.2) is 4.39 Å². The zero-order chi connectivity index (χ0) is 14.7. The van der Waals surface area contributed by atoms with E-state index in [0.29, 0.717) is 10.8 Å². The number of hydrogen-bond donors (Lipinski definition) is 0. The van der Waals surface area contributed by atoms with Crippen LogP contribution in [0.15, 0.2) is 54.8 Å². The molecular formula is C15H9Cl2FO2. The number of rotatable bonds is 4. The molecule has 2 aromatic rings. The van der Waals surface area contributed by atoms with Crippen molar-refractivity contribution in [3.63, 3.8) is 0 Å². The Morgan fingerprint density at radius 3 is 2.25 bits per heavy atom. The second-order valence-corrected chi connectivity index (χ2v) is 4.81. The van der Waals surface area contributed by atoms with Gasteiger partial charge in [0.1, 0.15) is 11.6 Å². The summed E-state index contributed by atoms with van der Waals surface area (Å²) in [6.45, 7) is 3.51. The molecule has 0 heterocycles. The van der Waals surface area contributed by atoms with Crippen molar-refractivity contribution < 1.29 is 13.9 Å². The van der Waals surface area contributed by atoms with Gasteiger partial charge in [-0.2, -0.15) is 0 Å². The van der Waals surface area contributed by atoms with Gasteiger partial charge >= 0.3 is 0 Å². The van der Waals surface area contributed by atoms with Crippen LogP contribution in [-0.2, 0) is 0 Å². The second-order valence-electron chi connectivity index (χ2n) is 3.93. The molecule has 0 aliphatic heterocycles. The molecule has 20 heavy (non-hydrogen) atoms. The Hall–Kier alpha value is -1.84. The van der Waals surface area contributed by atoms with Crippen molar-refractivity contribution in [2.45, 2.75) is 0 Å². The van der Waals surface area contributed by atoms with E-state index in [1.807, 2.05) is 0 Å². The van der Waals surface area contributed by atoms with Crippen molar-refractivity contribution >= 4 is 29.0 Å². The molecule has 0 spiro atoms. The number of Topliss-reactive ketones (excluding diaryl/α,β-unsaturated/α-hetero) is 1. The summed E-state index contributed by atoms with van der Waals surface area (Å²) in [7, 11) is 0. The number of carbonyl (C=O) groups is 1. The van der Waals surface area contributed by atoms with Gasteiger partial charge in [0.25, 0.3) is 0 Å². The van der Waals surface area contributed by atoms with Crippen LogP contribution in [0.5, 0.6) is 5.75 Å². The zero-order valence-corrected chi connectivity index (χ0v) is 11.7. The molecule has 0 aliphatic rings. The van der Waals surface area contributed by atoms with Gasteiger partial charge in [-0.05, 0) is 42.5 Å². The van der Waals surface area contributed by atoms with Crippen molar-refractivity contribution in [1.29, 1.82) is 0 Å². The van der Waals surface area contributed by atoms with Gasteiger partial charge in [-0.3, -0.25) is 4.79 Å². The first-order valence-corrected chi connectivity index (χ1v) is 6.35. The van der Waals surface area contributed by atoms with Crippen molar-refractivity contribution in [2.24, 2.45) is 0 Å². The lowest BCUT2D eigenvalue weighted by Crippen LogP contribution is -2.10. The first kappa shape index (κ1) is 14.6. The zero-order valence-electron chi connectivity index (χ0n) is 10.2. The molecule has 0 fully saturated rings. The van der Waals surface area contributed by atoms with Gasteiger partial charge in [0.2, 0.25) is 5.78 Å². The lowest BCUT2D eigenvalue weighted by molar-refractivity contribution is 0.0983. The average molecular weight is 311 g/mol. The molecular weight excluding hydrogens is 302 g/mol. The van der Waals surface area contributed by atoms with E-state index in [0.717, 1.165) is 6.07 Å². The molecule has 0 N–H and O–H groups in total. The van der Waals surface area contributed by atoms with Crippen molar-refractivity contribution in [1.82, 2.24) is 0 Å². The van der Waals surface area contributed by atoms with Crippen LogP contribution in [0.3, 0.4) is 0 Å². The summed E-state index contributed by atoms with van der Waals surface area (Å²) in [4.78, 5) is 12.0. The molecule has 0 aliphatic carbocycles. The Balaban J connectivity index is 2.16. The molecule has 0 amide bonds. The molecule has 2 rings (SSSR count). The molecule has 102 valence electrons. The van der Waals surface area contributed by atoms with Gasteiger partial charge in [-0.1, -0.05) is 29.8 Å². The third kappa shape index (κ3) is 3.38. The lowest BCUT2D eigenvalue weighted by atomic mass is 10.1. The number of halogens is 3. The predicted molar refractivity (Wildman–Crippen MR) is 77.0 cm³/mol. The van der Waals surface area contributed by atoms with Gasteiger partial charge in [0, 0.05) is 10.0 Å². The number of carbonyl (C=O) groups excluding carboxylic acids is 1. The molecule has 2 nitrogen and oxygen atoms in total. The standard InChI is InChI=1S/C15H9Cl2FO2/c1-9(20-12-5-2-10(16)3-6-12)15(19)13-7-4-11(17)8-14(13)18/h2-8H,1H2. The maximum atomic E-state index is 13.6. The number of ketones is 1. The molecule has 0 saturated heterocycles. The van der Waals surface area contributed by atoms with E-state index in [9.17, 15) is 9.18 Å². The average Bonchev–Trinajstić information content (AvgIpc) is 2.40. The summed E-state index contributed by atoms with van der Waals surface area (Å²) in [6, 6.07) is 10.2. The fourth-order valence-electron chi connectivity index (χ4n) is 1.52. The van der Waals surface area contributed by atoms with Crippen LogP contribution in [0.4, 0.5) is 4.39 Å². The highest BCUT2D eigenvalue weighted by Gasteiger charge is 2.17. The SMILES string of the molecule is C=C(Oc1ccc(Cl)cc1)C(=O)c1ccc(Cl)cc1F. The number of allylic oxidation sites excluding steroid dienone is 1. The largest absolute Gasteiger partial charge is 0.454 e. The van der Waals surface area contributed by atoms with Gasteiger partial charge in [-0.15, -0.1) is 0 Å². The third-order valence-corrected chi connectivity index (χ3v) is 2.97. The van der Waals surface area contributed by atoms with Gasteiger partial charge in [0.15, 0.2) is 5.76 Å². The van der Waals surface area contributed by atoms with E-state index in [1.165, 1.54) is 12.1 Å². The summed E-state index contributed by atoms with van der Waals surface area (Å²) in [5.74, 6) is -1.16. The normalized spacial score (nSPS) is 10.2. The van der Waals surface area contributed by atoms with Gasteiger partial charge < -0.3 is 4.74 Å². The van der Waals surface area contributed by atoms with Crippen LogP contribution in [0, 0.1) is 5.82 Å². The Labute approximate surface area is 125 Å². The number of ether oxygens (including phenoxy) is 1. The highest BCUT2D eigenvalue weighted by Crippen LogP contribution is 2.21. The third-order valence-electron chi connectivity index (χ3n) is 2.48. The predicted octanol–water partition coefficient (Wildman–Crippen LogP) is 4.91. The first-order valence-electron chi connectivity index (χ1n) is 5.59. The molecule has 0 aromatic heterocycles. The molecule has 0 radical (unpaired) electrons. The van der Waals surface area contributed by atoms with Crippen LogP contribution >= 0.6 is 23.2 Å². The number of benzene rings is 2.